The minimum absolute atomic E-state index is 0.0841. The van der Waals surface area contributed by atoms with Crippen molar-refractivity contribution in [3.05, 3.63) is 35.6 Å². The molecule has 1 amide bonds. The van der Waals surface area contributed by atoms with Crippen molar-refractivity contribution in [2.24, 2.45) is 0 Å². The lowest BCUT2D eigenvalue weighted by Crippen LogP contribution is -2.33. The average molecular weight is 249 g/mol. The number of hydrogen-bond donors (Lipinski definition) is 1. The number of halogens is 1. The predicted octanol–water partition coefficient (Wildman–Crippen LogP) is 1.95. The Morgan fingerprint density at radius 1 is 1.39 bits per heavy atom. The third-order valence-corrected chi connectivity index (χ3v) is 3.32. The van der Waals surface area contributed by atoms with Crippen LogP contribution in [0.1, 0.15) is 31.7 Å². The van der Waals surface area contributed by atoms with Crippen molar-refractivity contribution in [1.82, 2.24) is 5.32 Å². The Labute approximate surface area is 105 Å². The SMILES string of the molecule is CC(=O)CC(=O)NCC1(c2cccc(F)c2)CC1. The molecule has 1 aliphatic carbocycles. The second-order valence-electron chi connectivity index (χ2n) is 4.95. The van der Waals surface area contributed by atoms with Crippen LogP contribution in [-0.2, 0) is 15.0 Å². The van der Waals surface area contributed by atoms with E-state index in [2.05, 4.69) is 5.32 Å². The van der Waals surface area contributed by atoms with Crippen molar-refractivity contribution >= 4 is 11.7 Å². The average Bonchev–Trinajstić information content (AvgIpc) is 3.06. The van der Waals surface area contributed by atoms with E-state index >= 15 is 0 Å². The van der Waals surface area contributed by atoms with Crippen LogP contribution >= 0.6 is 0 Å². The van der Waals surface area contributed by atoms with Crippen molar-refractivity contribution in [2.45, 2.75) is 31.6 Å². The largest absolute Gasteiger partial charge is 0.355 e. The van der Waals surface area contributed by atoms with Gasteiger partial charge in [-0.3, -0.25) is 9.59 Å². The number of carbonyl (C=O) groups excluding carboxylic acids is 2. The smallest absolute Gasteiger partial charge is 0.227 e. The van der Waals surface area contributed by atoms with Gasteiger partial charge >= 0.3 is 0 Å². The van der Waals surface area contributed by atoms with E-state index in [1.54, 1.807) is 6.07 Å². The Bertz CT molecular complexity index is 480. The van der Waals surface area contributed by atoms with Crippen molar-refractivity contribution < 1.29 is 14.0 Å². The predicted molar refractivity (Wildman–Crippen MR) is 65.6 cm³/mol. The standard InChI is InChI=1S/C14H16FNO2/c1-10(17)7-13(18)16-9-14(5-6-14)11-3-2-4-12(15)8-11/h2-4,8H,5-7,9H2,1H3,(H,16,18). The molecule has 3 nitrogen and oxygen atoms in total. The fourth-order valence-electron chi connectivity index (χ4n) is 2.09. The molecule has 1 aromatic carbocycles. The van der Waals surface area contributed by atoms with Gasteiger partial charge in [-0.15, -0.1) is 0 Å². The Kier molecular flexibility index (Phi) is 3.45. The molecular weight excluding hydrogens is 233 g/mol. The molecule has 1 fully saturated rings. The molecule has 0 bridgehead atoms. The highest BCUT2D eigenvalue weighted by atomic mass is 19.1. The van der Waals surface area contributed by atoms with Crippen LogP contribution in [0, 0.1) is 5.82 Å². The van der Waals surface area contributed by atoms with Gasteiger partial charge in [0.25, 0.3) is 0 Å². The summed E-state index contributed by atoms with van der Waals surface area (Å²) in [5.74, 6) is -0.665. The molecule has 1 N–H and O–H groups in total. The summed E-state index contributed by atoms with van der Waals surface area (Å²) >= 11 is 0. The van der Waals surface area contributed by atoms with Crippen molar-refractivity contribution in [3.63, 3.8) is 0 Å². The molecule has 0 aromatic heterocycles. The van der Waals surface area contributed by atoms with Gasteiger partial charge in [-0.25, -0.2) is 4.39 Å². The van der Waals surface area contributed by atoms with Gasteiger partial charge < -0.3 is 5.32 Å². The summed E-state index contributed by atoms with van der Waals surface area (Å²) in [5.41, 5.74) is 0.791. The molecule has 18 heavy (non-hydrogen) atoms. The highest BCUT2D eigenvalue weighted by molar-refractivity contribution is 5.96. The molecule has 4 heteroatoms. The number of Topliss-reactive ketones (excluding diaryl/α,β-unsaturated/α-hetero) is 1. The van der Waals surface area contributed by atoms with E-state index in [-0.39, 0.29) is 29.3 Å². The van der Waals surface area contributed by atoms with Gasteiger partial charge in [0.1, 0.15) is 11.6 Å². The molecule has 96 valence electrons. The molecule has 1 aliphatic rings. The number of nitrogens with one attached hydrogen (secondary N) is 1. The minimum atomic E-state index is -0.259. The first-order valence-electron chi connectivity index (χ1n) is 6.04. The monoisotopic (exact) mass is 249 g/mol. The molecule has 0 aliphatic heterocycles. The molecule has 1 aromatic rings. The molecule has 0 saturated heterocycles. The van der Waals surface area contributed by atoms with Crippen LogP contribution in [0.4, 0.5) is 4.39 Å². The second kappa shape index (κ2) is 4.88. The van der Waals surface area contributed by atoms with Gasteiger partial charge in [0, 0.05) is 12.0 Å². The zero-order chi connectivity index (χ0) is 13.2. The van der Waals surface area contributed by atoms with Gasteiger partial charge in [-0.1, -0.05) is 12.1 Å². The van der Waals surface area contributed by atoms with Crippen molar-refractivity contribution in [2.75, 3.05) is 6.54 Å². The Morgan fingerprint density at radius 3 is 2.67 bits per heavy atom. The van der Waals surface area contributed by atoms with E-state index in [0.29, 0.717) is 6.54 Å². The highest BCUT2D eigenvalue weighted by Crippen LogP contribution is 2.47. The maximum Gasteiger partial charge on any atom is 0.227 e. The lowest BCUT2D eigenvalue weighted by Gasteiger charge is -2.16. The lowest BCUT2D eigenvalue weighted by molar-refractivity contribution is -0.127. The summed E-state index contributed by atoms with van der Waals surface area (Å²) in [6, 6.07) is 6.49. The normalized spacial score (nSPS) is 16.1. The molecule has 1 saturated carbocycles. The topological polar surface area (TPSA) is 46.2 Å². The highest BCUT2D eigenvalue weighted by Gasteiger charge is 2.44. The summed E-state index contributed by atoms with van der Waals surface area (Å²) in [5, 5.41) is 2.75. The Morgan fingerprint density at radius 2 is 2.11 bits per heavy atom. The molecular formula is C14H16FNO2. The zero-order valence-electron chi connectivity index (χ0n) is 10.3. The fourth-order valence-corrected chi connectivity index (χ4v) is 2.09. The van der Waals surface area contributed by atoms with Crippen LogP contribution in [0.25, 0.3) is 0 Å². The fraction of sp³-hybridized carbons (Fsp3) is 0.429. The number of benzene rings is 1. The van der Waals surface area contributed by atoms with E-state index in [4.69, 9.17) is 0 Å². The quantitative estimate of drug-likeness (QED) is 0.811. The van der Waals surface area contributed by atoms with Crippen molar-refractivity contribution in [1.29, 1.82) is 0 Å². The first-order chi connectivity index (χ1) is 8.52. The first kappa shape index (κ1) is 12.7. The number of ketones is 1. The maximum atomic E-state index is 13.2. The number of carbonyl (C=O) groups is 2. The minimum Gasteiger partial charge on any atom is -0.355 e. The maximum absolute atomic E-state index is 13.2. The van der Waals surface area contributed by atoms with E-state index in [0.717, 1.165) is 18.4 Å². The molecule has 0 unspecified atom stereocenters. The molecule has 0 heterocycles. The molecule has 2 rings (SSSR count). The van der Waals surface area contributed by atoms with Gasteiger partial charge in [-0.2, -0.15) is 0 Å². The first-order valence-corrected chi connectivity index (χ1v) is 6.04. The van der Waals surface area contributed by atoms with Crippen LogP contribution in [-0.4, -0.2) is 18.2 Å². The van der Waals surface area contributed by atoms with E-state index in [9.17, 15) is 14.0 Å². The summed E-state index contributed by atoms with van der Waals surface area (Å²) in [7, 11) is 0. The van der Waals surface area contributed by atoms with Crippen LogP contribution in [0.3, 0.4) is 0 Å². The zero-order valence-corrected chi connectivity index (χ0v) is 10.3. The second-order valence-corrected chi connectivity index (χ2v) is 4.95. The van der Waals surface area contributed by atoms with E-state index < -0.39 is 0 Å². The van der Waals surface area contributed by atoms with Gasteiger partial charge in [-0.05, 0) is 37.5 Å². The third-order valence-electron chi connectivity index (χ3n) is 3.32. The van der Waals surface area contributed by atoms with Gasteiger partial charge in [0.2, 0.25) is 5.91 Å². The summed E-state index contributed by atoms with van der Waals surface area (Å²) in [4.78, 5) is 22.2. The number of rotatable bonds is 5. The van der Waals surface area contributed by atoms with Gasteiger partial charge in [0.15, 0.2) is 0 Å². The van der Waals surface area contributed by atoms with Gasteiger partial charge in [0.05, 0.1) is 6.42 Å². The van der Waals surface area contributed by atoms with E-state index in [1.807, 2.05) is 6.07 Å². The molecule has 0 atom stereocenters. The summed E-state index contributed by atoms with van der Waals surface area (Å²) in [6.07, 6.45) is 1.80. The van der Waals surface area contributed by atoms with Crippen LogP contribution in [0.15, 0.2) is 24.3 Å². The number of hydrogen-bond acceptors (Lipinski definition) is 2. The molecule has 0 radical (unpaired) electrons. The van der Waals surface area contributed by atoms with Crippen molar-refractivity contribution in [3.8, 4) is 0 Å². The van der Waals surface area contributed by atoms with Crippen LogP contribution < -0.4 is 5.32 Å². The summed E-state index contributed by atoms with van der Waals surface area (Å²) < 4.78 is 13.2. The third kappa shape index (κ3) is 2.94. The molecule has 0 spiro atoms. The Balaban J connectivity index is 1.97. The van der Waals surface area contributed by atoms with Crippen LogP contribution in [0.2, 0.25) is 0 Å². The Hall–Kier alpha value is -1.71. The lowest BCUT2D eigenvalue weighted by atomic mass is 9.96. The van der Waals surface area contributed by atoms with Crippen LogP contribution in [0.5, 0.6) is 0 Å². The van der Waals surface area contributed by atoms with E-state index in [1.165, 1.54) is 19.1 Å². The summed E-state index contributed by atoms with van der Waals surface area (Å²) in [6.45, 7) is 1.86. The number of amides is 1.